The van der Waals surface area contributed by atoms with Crippen molar-refractivity contribution in [3.8, 4) is 0 Å². The summed E-state index contributed by atoms with van der Waals surface area (Å²) >= 11 is 0. The Morgan fingerprint density at radius 1 is 1.08 bits per heavy atom. The molecule has 1 aliphatic carbocycles. The van der Waals surface area contributed by atoms with E-state index in [9.17, 15) is 4.79 Å². The zero-order chi connectivity index (χ0) is 18.6. The Balaban J connectivity index is 1.85. The largest absolute Gasteiger partial charge is 0.376 e. The number of hydroxylamine groups is 1. The summed E-state index contributed by atoms with van der Waals surface area (Å²) in [5.41, 5.74) is 5.61. The van der Waals surface area contributed by atoms with Crippen molar-refractivity contribution in [2.75, 3.05) is 5.32 Å². The minimum absolute atomic E-state index is 0.114. The van der Waals surface area contributed by atoms with E-state index in [2.05, 4.69) is 37.4 Å². The first-order chi connectivity index (χ1) is 12.5. The molecule has 4 nitrogen and oxygen atoms in total. The van der Waals surface area contributed by atoms with Gasteiger partial charge in [0.1, 0.15) is 0 Å². The lowest BCUT2D eigenvalue weighted by Crippen LogP contribution is -2.36. The Morgan fingerprint density at radius 3 is 2.35 bits per heavy atom. The number of amides is 1. The third kappa shape index (κ3) is 3.70. The normalized spacial score (nSPS) is 20.2. The Hall–Kier alpha value is -2.85. The van der Waals surface area contributed by atoms with Crippen LogP contribution >= 0.6 is 0 Å². The minimum Gasteiger partial charge on any atom is -0.376 e. The lowest BCUT2D eigenvalue weighted by molar-refractivity contribution is -0.129. The van der Waals surface area contributed by atoms with Gasteiger partial charge in [-0.25, -0.2) is 5.48 Å². The van der Waals surface area contributed by atoms with Crippen LogP contribution in [0.2, 0.25) is 0 Å². The molecule has 2 aromatic rings. The van der Waals surface area contributed by atoms with E-state index in [-0.39, 0.29) is 5.54 Å². The van der Waals surface area contributed by atoms with Crippen molar-refractivity contribution >= 4 is 11.6 Å². The second-order valence-corrected chi connectivity index (χ2v) is 6.88. The number of hydrogen-bond donors (Lipinski definition) is 3. The Morgan fingerprint density at radius 2 is 1.73 bits per heavy atom. The molecule has 0 aromatic heterocycles. The maximum absolute atomic E-state index is 12.2. The van der Waals surface area contributed by atoms with Crippen LogP contribution in [-0.2, 0) is 4.79 Å². The fourth-order valence-corrected chi connectivity index (χ4v) is 3.29. The van der Waals surface area contributed by atoms with E-state index in [1.807, 2.05) is 54.6 Å². The third-order valence-corrected chi connectivity index (χ3v) is 5.05. The minimum atomic E-state index is -0.551. The molecule has 26 heavy (non-hydrogen) atoms. The molecular formula is C22H24N2O2. The van der Waals surface area contributed by atoms with Crippen molar-refractivity contribution in [1.29, 1.82) is 0 Å². The zero-order valence-electron chi connectivity index (χ0n) is 15.1. The van der Waals surface area contributed by atoms with Gasteiger partial charge in [0.05, 0.1) is 11.5 Å². The Kier molecular flexibility index (Phi) is 5.24. The lowest BCUT2D eigenvalue weighted by Gasteiger charge is -2.34. The molecule has 0 spiro atoms. The molecule has 134 valence electrons. The molecular weight excluding hydrogens is 324 g/mol. The van der Waals surface area contributed by atoms with E-state index in [1.165, 1.54) is 5.57 Å². The van der Waals surface area contributed by atoms with Crippen LogP contribution in [0.5, 0.6) is 0 Å². The van der Waals surface area contributed by atoms with Gasteiger partial charge in [0, 0.05) is 5.69 Å². The van der Waals surface area contributed by atoms with Crippen molar-refractivity contribution in [1.82, 2.24) is 5.48 Å². The maximum Gasteiger partial charge on any atom is 0.255 e. The average Bonchev–Trinajstić information content (AvgIpc) is 2.66. The predicted molar refractivity (Wildman–Crippen MR) is 104 cm³/mol. The van der Waals surface area contributed by atoms with E-state index >= 15 is 0 Å². The third-order valence-electron chi connectivity index (χ3n) is 5.05. The first-order valence-electron chi connectivity index (χ1n) is 8.74. The molecule has 0 heterocycles. The number of carbonyl (C=O) groups is 1. The zero-order valence-corrected chi connectivity index (χ0v) is 15.1. The van der Waals surface area contributed by atoms with Crippen molar-refractivity contribution in [3.63, 3.8) is 0 Å². The summed E-state index contributed by atoms with van der Waals surface area (Å²) in [5, 5.41) is 12.7. The first-order valence-corrected chi connectivity index (χ1v) is 8.74. The fraction of sp³-hybridized carbons (Fsp3) is 0.227. The van der Waals surface area contributed by atoms with Crippen LogP contribution in [0.3, 0.4) is 0 Å². The van der Waals surface area contributed by atoms with Crippen LogP contribution in [0.25, 0.3) is 0 Å². The maximum atomic E-state index is 12.2. The van der Waals surface area contributed by atoms with Gasteiger partial charge in [0.25, 0.3) is 5.91 Å². The predicted octanol–water partition coefficient (Wildman–Crippen LogP) is 4.40. The number of hydrogen-bond acceptors (Lipinski definition) is 3. The van der Waals surface area contributed by atoms with E-state index in [0.717, 1.165) is 23.2 Å². The fourth-order valence-electron chi connectivity index (χ4n) is 3.29. The van der Waals surface area contributed by atoms with Gasteiger partial charge >= 0.3 is 0 Å². The van der Waals surface area contributed by atoms with Crippen molar-refractivity contribution < 1.29 is 10.0 Å². The molecule has 0 saturated carbocycles. The lowest BCUT2D eigenvalue weighted by atomic mass is 9.85. The molecule has 2 aromatic carbocycles. The summed E-state index contributed by atoms with van der Waals surface area (Å²) in [6, 6.07) is 17.3. The summed E-state index contributed by atoms with van der Waals surface area (Å²) in [6.45, 7) is 4.31. The van der Waals surface area contributed by atoms with Crippen LogP contribution < -0.4 is 10.8 Å². The summed E-state index contributed by atoms with van der Waals surface area (Å²) in [6.07, 6.45) is 7.30. The smallest absolute Gasteiger partial charge is 0.255 e. The number of nitrogens with one attached hydrogen (secondary N) is 2. The molecule has 0 saturated heterocycles. The van der Waals surface area contributed by atoms with Crippen LogP contribution in [0.1, 0.15) is 37.3 Å². The number of benzene rings is 2. The van der Waals surface area contributed by atoms with Gasteiger partial charge in [-0.3, -0.25) is 10.0 Å². The molecule has 0 aliphatic heterocycles. The number of rotatable bonds is 5. The van der Waals surface area contributed by atoms with Gasteiger partial charge in [-0.1, -0.05) is 60.7 Å². The highest BCUT2D eigenvalue weighted by Gasteiger charge is 2.27. The highest BCUT2D eigenvalue weighted by Crippen LogP contribution is 2.31. The first kappa shape index (κ1) is 18.0. The van der Waals surface area contributed by atoms with Gasteiger partial charge in [-0.15, -0.1) is 0 Å². The molecule has 3 rings (SSSR count). The summed E-state index contributed by atoms with van der Waals surface area (Å²) in [5.74, 6) is -0.995. The molecule has 4 heteroatoms. The molecule has 2 unspecified atom stereocenters. The van der Waals surface area contributed by atoms with Gasteiger partial charge < -0.3 is 5.32 Å². The second kappa shape index (κ2) is 7.58. The van der Waals surface area contributed by atoms with Gasteiger partial charge in [0.2, 0.25) is 0 Å². The van der Waals surface area contributed by atoms with Crippen molar-refractivity contribution in [2.45, 2.75) is 31.7 Å². The SMILES string of the molecule is CC1=CC=CCC1(C)Nc1ccc(C(C(=O)NO)c2ccccc2)cc1. The van der Waals surface area contributed by atoms with E-state index in [1.54, 1.807) is 5.48 Å². The van der Waals surface area contributed by atoms with Crippen LogP contribution in [0.4, 0.5) is 5.69 Å². The number of allylic oxidation sites excluding steroid dienone is 2. The van der Waals surface area contributed by atoms with Gasteiger partial charge in [0.15, 0.2) is 0 Å². The molecule has 2 atom stereocenters. The monoisotopic (exact) mass is 348 g/mol. The molecule has 0 bridgehead atoms. The second-order valence-electron chi connectivity index (χ2n) is 6.88. The van der Waals surface area contributed by atoms with E-state index in [0.29, 0.717) is 0 Å². The molecule has 1 aliphatic rings. The number of anilines is 1. The summed E-state index contributed by atoms with van der Waals surface area (Å²) < 4.78 is 0. The highest BCUT2D eigenvalue weighted by molar-refractivity contribution is 5.86. The highest BCUT2D eigenvalue weighted by atomic mass is 16.5. The summed E-state index contributed by atoms with van der Waals surface area (Å²) in [4.78, 5) is 12.2. The molecule has 3 N–H and O–H groups in total. The van der Waals surface area contributed by atoms with Gasteiger partial charge in [-0.2, -0.15) is 0 Å². The Labute approximate surface area is 154 Å². The summed E-state index contributed by atoms with van der Waals surface area (Å²) in [7, 11) is 0. The van der Waals surface area contributed by atoms with E-state index in [4.69, 9.17) is 5.21 Å². The van der Waals surface area contributed by atoms with Crippen molar-refractivity contribution in [3.05, 3.63) is 89.5 Å². The van der Waals surface area contributed by atoms with Crippen LogP contribution in [0, 0.1) is 0 Å². The van der Waals surface area contributed by atoms with E-state index < -0.39 is 11.8 Å². The Bertz CT molecular complexity index is 825. The van der Waals surface area contributed by atoms with Crippen LogP contribution in [0.15, 0.2) is 78.4 Å². The molecule has 0 radical (unpaired) electrons. The average molecular weight is 348 g/mol. The molecule has 0 fully saturated rings. The quantitative estimate of drug-likeness (QED) is 0.554. The van der Waals surface area contributed by atoms with Crippen LogP contribution in [-0.4, -0.2) is 16.7 Å². The molecule has 1 amide bonds. The standard InChI is InChI=1S/C22H24N2O2/c1-16-8-6-7-15-22(16,2)23-19-13-11-18(12-14-19)20(21(25)24-26)17-9-4-3-5-10-17/h3-14,20,23,26H,15H2,1-2H3,(H,24,25). The topological polar surface area (TPSA) is 61.4 Å². The number of carbonyl (C=O) groups excluding carboxylic acids is 1. The van der Waals surface area contributed by atoms with Crippen molar-refractivity contribution in [2.24, 2.45) is 0 Å². The van der Waals surface area contributed by atoms with Gasteiger partial charge in [-0.05, 0) is 49.1 Å².